The lowest BCUT2D eigenvalue weighted by Gasteiger charge is -2.12. The van der Waals surface area contributed by atoms with Crippen molar-refractivity contribution in [2.75, 3.05) is 5.32 Å². The lowest BCUT2D eigenvalue weighted by Crippen LogP contribution is -2.36. The number of nitrogens with one attached hydrogen (secondary N) is 1. The molecule has 0 amide bonds. The highest BCUT2D eigenvalue weighted by Gasteiger charge is 2.22. The second-order valence-electron chi connectivity index (χ2n) is 4.35. The van der Waals surface area contributed by atoms with Gasteiger partial charge >= 0.3 is 0 Å². The number of halogens is 1. The van der Waals surface area contributed by atoms with Crippen molar-refractivity contribution >= 4 is 17.3 Å². The number of benzene rings is 1. The van der Waals surface area contributed by atoms with E-state index in [2.05, 4.69) is 5.32 Å². The minimum Gasteiger partial charge on any atom is -0.467 e. The van der Waals surface area contributed by atoms with Crippen LogP contribution in [0.15, 0.2) is 56.7 Å². The Hall–Kier alpha value is -2.33. The maximum Gasteiger partial charge on any atom is 0.250 e. The van der Waals surface area contributed by atoms with E-state index >= 15 is 0 Å². The van der Waals surface area contributed by atoms with Crippen molar-refractivity contribution in [3.63, 3.8) is 0 Å². The predicted molar refractivity (Wildman–Crippen MR) is 77.8 cm³/mol. The standard InChI is InChI=1S/C15H10ClNO3/c16-10-5-3-9(4-6-10)12-13(15(19)14(12)18)17-8-11-2-1-7-20-11/h1-7,17H,8H2. The number of hydrogen-bond donors (Lipinski definition) is 1. The molecule has 0 saturated carbocycles. The van der Waals surface area contributed by atoms with Crippen LogP contribution in [0, 0.1) is 0 Å². The summed E-state index contributed by atoms with van der Waals surface area (Å²) in [5, 5.41) is 3.53. The average molecular weight is 288 g/mol. The van der Waals surface area contributed by atoms with E-state index in [1.165, 1.54) is 0 Å². The molecule has 5 heteroatoms. The molecular weight excluding hydrogens is 278 g/mol. The number of rotatable bonds is 4. The van der Waals surface area contributed by atoms with Crippen LogP contribution in [-0.4, -0.2) is 0 Å². The van der Waals surface area contributed by atoms with Gasteiger partial charge in [0.05, 0.1) is 24.1 Å². The summed E-state index contributed by atoms with van der Waals surface area (Å²) in [5.41, 5.74) is 0.434. The number of anilines is 1. The molecule has 0 bridgehead atoms. The summed E-state index contributed by atoms with van der Waals surface area (Å²) in [6.07, 6.45) is 1.55. The van der Waals surface area contributed by atoms with Gasteiger partial charge in [0.2, 0.25) is 10.9 Å². The largest absolute Gasteiger partial charge is 0.467 e. The minimum atomic E-state index is -0.499. The zero-order valence-electron chi connectivity index (χ0n) is 10.4. The fourth-order valence-corrected chi connectivity index (χ4v) is 2.17. The Kier molecular flexibility index (Phi) is 3.16. The van der Waals surface area contributed by atoms with Gasteiger partial charge in [-0.25, -0.2) is 0 Å². The quantitative estimate of drug-likeness (QED) is 0.750. The highest BCUT2D eigenvalue weighted by atomic mass is 35.5. The molecule has 0 radical (unpaired) electrons. The van der Waals surface area contributed by atoms with E-state index in [1.807, 2.05) is 0 Å². The lowest BCUT2D eigenvalue weighted by molar-refractivity contribution is 0.518. The monoisotopic (exact) mass is 287 g/mol. The molecule has 0 spiro atoms. The van der Waals surface area contributed by atoms with Crippen LogP contribution < -0.4 is 16.2 Å². The van der Waals surface area contributed by atoms with Crippen LogP contribution in [-0.2, 0) is 6.54 Å². The van der Waals surface area contributed by atoms with Crippen molar-refractivity contribution < 1.29 is 4.42 Å². The van der Waals surface area contributed by atoms with Crippen molar-refractivity contribution in [1.82, 2.24) is 0 Å². The zero-order valence-corrected chi connectivity index (χ0v) is 11.1. The van der Waals surface area contributed by atoms with Gasteiger partial charge in [-0.3, -0.25) is 9.59 Å². The molecule has 0 aliphatic heterocycles. The molecule has 0 aliphatic rings. The van der Waals surface area contributed by atoms with Crippen LogP contribution in [0.25, 0.3) is 11.1 Å². The Morgan fingerprint density at radius 3 is 2.45 bits per heavy atom. The molecule has 1 N–H and O–H groups in total. The second kappa shape index (κ2) is 4.98. The van der Waals surface area contributed by atoms with Gasteiger partial charge in [-0.1, -0.05) is 23.7 Å². The maximum absolute atomic E-state index is 11.7. The summed E-state index contributed by atoms with van der Waals surface area (Å²) in [6, 6.07) is 10.4. The molecule has 3 rings (SSSR count). The Morgan fingerprint density at radius 2 is 1.80 bits per heavy atom. The molecule has 0 atom stereocenters. The maximum atomic E-state index is 11.7. The Morgan fingerprint density at radius 1 is 1.05 bits per heavy atom. The summed E-state index contributed by atoms with van der Waals surface area (Å²) in [5.74, 6) is 0.695. The van der Waals surface area contributed by atoms with Gasteiger partial charge in [0.1, 0.15) is 5.76 Å². The first-order chi connectivity index (χ1) is 9.66. The first-order valence-electron chi connectivity index (χ1n) is 6.02. The van der Waals surface area contributed by atoms with E-state index in [0.29, 0.717) is 34.1 Å². The Bertz CT molecular complexity index is 797. The van der Waals surface area contributed by atoms with E-state index in [9.17, 15) is 9.59 Å². The lowest BCUT2D eigenvalue weighted by atomic mass is 9.98. The third kappa shape index (κ3) is 2.14. The normalized spacial score (nSPS) is 10.8. The first kappa shape index (κ1) is 12.7. The summed E-state index contributed by atoms with van der Waals surface area (Å²) in [7, 11) is 0. The molecule has 0 aliphatic carbocycles. The number of furan rings is 1. The molecule has 0 unspecified atom stereocenters. The van der Waals surface area contributed by atoms with Gasteiger partial charge in [-0.05, 0) is 29.8 Å². The fourth-order valence-electron chi connectivity index (χ4n) is 2.04. The molecule has 4 nitrogen and oxygen atoms in total. The summed E-state index contributed by atoms with van der Waals surface area (Å²) in [4.78, 5) is 23.4. The van der Waals surface area contributed by atoms with Gasteiger partial charge < -0.3 is 9.73 Å². The zero-order chi connectivity index (χ0) is 14.1. The van der Waals surface area contributed by atoms with E-state index < -0.39 is 10.9 Å². The van der Waals surface area contributed by atoms with E-state index in [4.69, 9.17) is 16.0 Å². The minimum absolute atomic E-state index is 0.328. The van der Waals surface area contributed by atoms with E-state index in [-0.39, 0.29) is 0 Å². The van der Waals surface area contributed by atoms with Crippen LogP contribution in [0.1, 0.15) is 5.76 Å². The van der Waals surface area contributed by atoms with Gasteiger partial charge in [-0.15, -0.1) is 0 Å². The van der Waals surface area contributed by atoms with E-state index in [1.54, 1.807) is 42.7 Å². The van der Waals surface area contributed by atoms with Gasteiger partial charge in [0.15, 0.2) is 0 Å². The van der Waals surface area contributed by atoms with Crippen molar-refractivity contribution in [1.29, 1.82) is 0 Å². The van der Waals surface area contributed by atoms with Gasteiger partial charge in [-0.2, -0.15) is 0 Å². The Balaban J connectivity index is 1.89. The molecule has 1 heterocycles. The fraction of sp³-hybridized carbons (Fsp3) is 0.0667. The van der Waals surface area contributed by atoms with Crippen molar-refractivity contribution in [3.05, 3.63) is 73.9 Å². The molecule has 3 aromatic rings. The third-order valence-corrected chi connectivity index (χ3v) is 3.31. The van der Waals surface area contributed by atoms with Crippen LogP contribution in [0.2, 0.25) is 5.02 Å². The summed E-state index contributed by atoms with van der Waals surface area (Å²) in [6.45, 7) is 0.360. The smallest absolute Gasteiger partial charge is 0.250 e. The average Bonchev–Trinajstić information content (AvgIpc) is 2.97. The Labute approximate surface area is 119 Å². The van der Waals surface area contributed by atoms with Gasteiger partial charge in [0, 0.05) is 5.02 Å². The summed E-state index contributed by atoms with van der Waals surface area (Å²) >= 11 is 5.81. The molecule has 0 saturated heterocycles. The van der Waals surface area contributed by atoms with Gasteiger partial charge in [0.25, 0.3) is 0 Å². The van der Waals surface area contributed by atoms with Crippen molar-refractivity contribution in [2.24, 2.45) is 0 Å². The van der Waals surface area contributed by atoms with Crippen molar-refractivity contribution in [2.45, 2.75) is 6.54 Å². The topological polar surface area (TPSA) is 59.3 Å². The highest BCUT2D eigenvalue weighted by molar-refractivity contribution is 6.30. The molecule has 20 heavy (non-hydrogen) atoms. The third-order valence-electron chi connectivity index (χ3n) is 3.06. The molecular formula is C15H10ClNO3. The van der Waals surface area contributed by atoms with Crippen LogP contribution in [0.5, 0.6) is 0 Å². The second-order valence-corrected chi connectivity index (χ2v) is 4.78. The van der Waals surface area contributed by atoms with Crippen LogP contribution in [0.3, 0.4) is 0 Å². The van der Waals surface area contributed by atoms with Crippen LogP contribution >= 0.6 is 11.6 Å². The molecule has 100 valence electrons. The van der Waals surface area contributed by atoms with Crippen molar-refractivity contribution in [3.8, 4) is 11.1 Å². The van der Waals surface area contributed by atoms with E-state index in [0.717, 1.165) is 0 Å². The SMILES string of the molecule is O=c1c(NCc2ccco2)c(-c2ccc(Cl)cc2)c1=O. The predicted octanol–water partition coefficient (Wildman–Crippen LogP) is 2.81. The number of hydrogen-bond acceptors (Lipinski definition) is 4. The highest BCUT2D eigenvalue weighted by Crippen LogP contribution is 2.25. The summed E-state index contributed by atoms with van der Waals surface area (Å²) < 4.78 is 5.17. The molecule has 1 aromatic heterocycles. The molecule has 2 aromatic carbocycles. The molecule has 0 fully saturated rings. The van der Waals surface area contributed by atoms with Crippen LogP contribution in [0.4, 0.5) is 5.69 Å². The first-order valence-corrected chi connectivity index (χ1v) is 6.40.